The van der Waals surface area contributed by atoms with Crippen molar-refractivity contribution in [3.8, 4) is 0 Å². The molecule has 1 amide bonds. The Morgan fingerprint density at radius 2 is 1.76 bits per heavy atom. The Kier molecular flexibility index (Phi) is 3.97. The molecule has 0 N–H and O–H groups in total. The molecule has 1 aromatic rings. The van der Waals surface area contributed by atoms with Crippen LogP contribution >= 0.6 is 0 Å². The fraction of sp³-hybridized carbons (Fsp3) is 0.400. The van der Waals surface area contributed by atoms with Crippen LogP contribution in [0.3, 0.4) is 0 Å². The van der Waals surface area contributed by atoms with E-state index in [0.29, 0.717) is 0 Å². The number of piperidine rings is 1. The van der Waals surface area contributed by atoms with Crippen molar-refractivity contribution in [3.63, 3.8) is 0 Å². The molecule has 2 nitrogen and oxygen atoms in total. The van der Waals surface area contributed by atoms with Gasteiger partial charge in [0.1, 0.15) is 0 Å². The monoisotopic (exact) mass is 229 g/mol. The Morgan fingerprint density at radius 3 is 2.41 bits per heavy atom. The molecule has 0 aromatic heterocycles. The molecule has 1 saturated heterocycles. The van der Waals surface area contributed by atoms with Crippen molar-refractivity contribution in [2.75, 3.05) is 13.1 Å². The van der Waals surface area contributed by atoms with E-state index in [2.05, 4.69) is 19.1 Å². The first kappa shape index (κ1) is 11.9. The molecular weight excluding hydrogens is 210 g/mol. The lowest BCUT2D eigenvalue weighted by Gasteiger charge is -2.25. The first-order chi connectivity index (χ1) is 8.25. The van der Waals surface area contributed by atoms with E-state index in [1.54, 1.807) is 6.08 Å². The van der Waals surface area contributed by atoms with Gasteiger partial charge >= 0.3 is 0 Å². The third-order valence-corrected chi connectivity index (χ3v) is 3.16. The summed E-state index contributed by atoms with van der Waals surface area (Å²) in [7, 11) is 0. The van der Waals surface area contributed by atoms with Crippen LogP contribution in [0.4, 0.5) is 0 Å². The summed E-state index contributed by atoms with van der Waals surface area (Å²) in [6.07, 6.45) is 7.13. The van der Waals surface area contributed by atoms with E-state index >= 15 is 0 Å². The van der Waals surface area contributed by atoms with Crippen molar-refractivity contribution in [2.45, 2.75) is 26.2 Å². The summed E-state index contributed by atoms with van der Waals surface area (Å²) >= 11 is 0. The average molecular weight is 229 g/mol. The largest absolute Gasteiger partial charge is 0.339 e. The van der Waals surface area contributed by atoms with Crippen LogP contribution in [0.5, 0.6) is 0 Å². The molecule has 1 fully saturated rings. The minimum Gasteiger partial charge on any atom is -0.339 e. The van der Waals surface area contributed by atoms with Gasteiger partial charge in [-0.15, -0.1) is 0 Å². The Morgan fingerprint density at radius 1 is 1.12 bits per heavy atom. The van der Waals surface area contributed by atoms with E-state index in [4.69, 9.17) is 0 Å². The molecule has 1 aliphatic heterocycles. The molecule has 90 valence electrons. The summed E-state index contributed by atoms with van der Waals surface area (Å²) in [5.74, 6) is 0.144. The highest BCUT2D eigenvalue weighted by molar-refractivity contribution is 5.91. The van der Waals surface area contributed by atoms with Gasteiger partial charge < -0.3 is 4.90 Å². The molecule has 1 aromatic carbocycles. The Hall–Kier alpha value is -1.57. The highest BCUT2D eigenvalue weighted by Gasteiger charge is 2.13. The van der Waals surface area contributed by atoms with Crippen LogP contribution in [0.2, 0.25) is 0 Å². The number of amides is 1. The maximum absolute atomic E-state index is 11.9. The lowest BCUT2D eigenvalue weighted by Crippen LogP contribution is -2.34. The van der Waals surface area contributed by atoms with Crippen molar-refractivity contribution in [2.24, 2.45) is 0 Å². The minimum atomic E-state index is 0.144. The molecule has 0 bridgehead atoms. The second-order valence-electron chi connectivity index (χ2n) is 4.63. The second-order valence-corrected chi connectivity index (χ2v) is 4.63. The van der Waals surface area contributed by atoms with E-state index in [1.807, 2.05) is 23.1 Å². The third-order valence-electron chi connectivity index (χ3n) is 3.16. The summed E-state index contributed by atoms with van der Waals surface area (Å²) < 4.78 is 0. The number of carbonyl (C=O) groups is 1. The van der Waals surface area contributed by atoms with Gasteiger partial charge in [-0.25, -0.2) is 0 Å². The predicted octanol–water partition coefficient (Wildman–Crippen LogP) is 3.02. The van der Waals surface area contributed by atoms with Crippen molar-refractivity contribution in [1.82, 2.24) is 4.90 Å². The summed E-state index contributed by atoms with van der Waals surface area (Å²) in [5, 5.41) is 0. The van der Waals surface area contributed by atoms with Crippen LogP contribution in [-0.4, -0.2) is 23.9 Å². The molecule has 17 heavy (non-hydrogen) atoms. The van der Waals surface area contributed by atoms with E-state index in [1.165, 1.54) is 12.0 Å². The van der Waals surface area contributed by atoms with Crippen LogP contribution in [0.15, 0.2) is 30.3 Å². The summed E-state index contributed by atoms with van der Waals surface area (Å²) in [5.41, 5.74) is 2.32. The van der Waals surface area contributed by atoms with Crippen molar-refractivity contribution in [1.29, 1.82) is 0 Å². The van der Waals surface area contributed by atoms with Gasteiger partial charge in [0.05, 0.1) is 0 Å². The fourth-order valence-electron chi connectivity index (χ4n) is 2.06. The molecule has 0 atom stereocenters. The first-order valence-electron chi connectivity index (χ1n) is 6.29. The van der Waals surface area contributed by atoms with Crippen LogP contribution in [0.1, 0.15) is 30.4 Å². The maximum atomic E-state index is 11.9. The highest BCUT2D eigenvalue weighted by atomic mass is 16.2. The van der Waals surface area contributed by atoms with E-state index in [-0.39, 0.29) is 5.91 Å². The standard InChI is InChI=1S/C15H19NO/c1-13-5-7-14(8-6-13)9-10-15(17)16-11-3-2-4-12-16/h5-10H,2-4,11-12H2,1H3/b10-9+. The number of rotatable bonds is 2. The third kappa shape index (κ3) is 3.45. The Bertz CT molecular complexity index is 399. The zero-order chi connectivity index (χ0) is 12.1. The van der Waals surface area contributed by atoms with Gasteiger partial charge in [-0.05, 0) is 37.8 Å². The number of aryl methyl sites for hydroxylation is 1. The van der Waals surface area contributed by atoms with E-state index in [9.17, 15) is 4.79 Å². The lowest BCUT2D eigenvalue weighted by atomic mass is 10.1. The van der Waals surface area contributed by atoms with Gasteiger partial charge in [0.25, 0.3) is 0 Å². The molecule has 2 heteroatoms. The van der Waals surface area contributed by atoms with Crippen molar-refractivity contribution >= 4 is 12.0 Å². The number of nitrogens with zero attached hydrogens (tertiary/aromatic N) is 1. The zero-order valence-corrected chi connectivity index (χ0v) is 10.4. The van der Waals surface area contributed by atoms with Gasteiger partial charge in [-0.1, -0.05) is 29.8 Å². The first-order valence-corrected chi connectivity index (χ1v) is 6.29. The van der Waals surface area contributed by atoms with Crippen LogP contribution in [0, 0.1) is 6.92 Å². The quantitative estimate of drug-likeness (QED) is 0.714. The number of hydrogen-bond acceptors (Lipinski definition) is 1. The smallest absolute Gasteiger partial charge is 0.246 e. The van der Waals surface area contributed by atoms with Gasteiger partial charge in [-0.3, -0.25) is 4.79 Å². The van der Waals surface area contributed by atoms with Crippen molar-refractivity contribution < 1.29 is 4.79 Å². The zero-order valence-electron chi connectivity index (χ0n) is 10.4. The van der Waals surface area contributed by atoms with Crippen LogP contribution in [0.25, 0.3) is 6.08 Å². The Labute approximate surface area is 103 Å². The fourth-order valence-corrected chi connectivity index (χ4v) is 2.06. The maximum Gasteiger partial charge on any atom is 0.246 e. The molecule has 0 aliphatic carbocycles. The number of hydrogen-bond donors (Lipinski definition) is 0. The van der Waals surface area contributed by atoms with E-state index < -0.39 is 0 Å². The van der Waals surface area contributed by atoms with Crippen LogP contribution < -0.4 is 0 Å². The molecular formula is C15H19NO. The van der Waals surface area contributed by atoms with Crippen molar-refractivity contribution in [3.05, 3.63) is 41.5 Å². The number of carbonyl (C=O) groups excluding carboxylic acids is 1. The SMILES string of the molecule is Cc1ccc(/C=C/C(=O)N2CCCCC2)cc1. The van der Waals surface area contributed by atoms with Gasteiger partial charge in [-0.2, -0.15) is 0 Å². The van der Waals surface area contributed by atoms with Gasteiger partial charge in [0, 0.05) is 19.2 Å². The molecule has 0 saturated carbocycles. The molecule has 0 radical (unpaired) electrons. The Balaban J connectivity index is 1.95. The van der Waals surface area contributed by atoms with E-state index in [0.717, 1.165) is 31.5 Å². The minimum absolute atomic E-state index is 0.144. The normalized spacial score (nSPS) is 16.4. The molecule has 2 rings (SSSR count). The average Bonchev–Trinajstić information content (AvgIpc) is 2.39. The number of likely N-dealkylation sites (tertiary alicyclic amines) is 1. The highest BCUT2D eigenvalue weighted by Crippen LogP contribution is 2.10. The summed E-state index contributed by atoms with van der Waals surface area (Å²) in [6, 6.07) is 8.20. The lowest BCUT2D eigenvalue weighted by molar-refractivity contribution is -0.126. The predicted molar refractivity (Wildman–Crippen MR) is 70.6 cm³/mol. The van der Waals surface area contributed by atoms with Gasteiger partial charge in [0.2, 0.25) is 5.91 Å². The summed E-state index contributed by atoms with van der Waals surface area (Å²) in [6.45, 7) is 3.89. The topological polar surface area (TPSA) is 20.3 Å². The number of benzene rings is 1. The molecule has 1 heterocycles. The molecule has 0 unspecified atom stereocenters. The molecule has 0 spiro atoms. The van der Waals surface area contributed by atoms with Crippen LogP contribution in [-0.2, 0) is 4.79 Å². The second kappa shape index (κ2) is 5.67. The molecule has 1 aliphatic rings. The summed E-state index contributed by atoms with van der Waals surface area (Å²) in [4.78, 5) is 13.8. The van der Waals surface area contributed by atoms with Gasteiger partial charge in [0.15, 0.2) is 0 Å².